The molecule has 0 radical (unpaired) electrons. The summed E-state index contributed by atoms with van der Waals surface area (Å²) in [7, 11) is 0. The molecule has 0 amide bonds. The van der Waals surface area contributed by atoms with Crippen molar-refractivity contribution >= 4 is 12.4 Å². The van der Waals surface area contributed by atoms with E-state index in [4.69, 9.17) is 0 Å². The van der Waals surface area contributed by atoms with Crippen LogP contribution in [-0.4, -0.2) is 18.0 Å². The van der Waals surface area contributed by atoms with Gasteiger partial charge >= 0.3 is 0 Å². The van der Waals surface area contributed by atoms with Crippen molar-refractivity contribution in [2.24, 2.45) is 5.41 Å². The van der Waals surface area contributed by atoms with E-state index in [0.717, 1.165) is 0 Å². The molecule has 13 heavy (non-hydrogen) atoms. The van der Waals surface area contributed by atoms with Crippen molar-refractivity contribution < 1.29 is 8.78 Å². The highest BCUT2D eigenvalue weighted by molar-refractivity contribution is 5.85. The maximum absolute atomic E-state index is 13.4. The fourth-order valence-electron chi connectivity index (χ4n) is 1.66. The first-order valence-corrected chi connectivity index (χ1v) is 4.34. The summed E-state index contributed by atoms with van der Waals surface area (Å²) >= 11 is 0. The van der Waals surface area contributed by atoms with Crippen LogP contribution < -0.4 is 5.32 Å². The summed E-state index contributed by atoms with van der Waals surface area (Å²) in [5.74, 6) is -2.58. The molecule has 1 fully saturated rings. The van der Waals surface area contributed by atoms with Gasteiger partial charge in [0, 0.05) is 13.0 Å². The molecule has 4 heteroatoms. The zero-order valence-corrected chi connectivity index (χ0v) is 9.39. The average molecular weight is 214 g/mol. The van der Waals surface area contributed by atoms with Crippen molar-refractivity contribution in [3.8, 4) is 0 Å². The normalized spacial score (nSPS) is 32.8. The van der Waals surface area contributed by atoms with Gasteiger partial charge in [-0.05, 0) is 12.3 Å². The Balaban J connectivity index is 0.00000144. The van der Waals surface area contributed by atoms with E-state index in [2.05, 4.69) is 5.32 Å². The summed E-state index contributed by atoms with van der Waals surface area (Å²) in [4.78, 5) is 0. The Morgan fingerprint density at radius 3 is 1.85 bits per heavy atom. The van der Waals surface area contributed by atoms with E-state index in [9.17, 15) is 8.78 Å². The molecule has 0 aromatic heterocycles. The van der Waals surface area contributed by atoms with E-state index in [-0.39, 0.29) is 18.8 Å². The predicted molar refractivity (Wildman–Crippen MR) is 52.7 cm³/mol. The van der Waals surface area contributed by atoms with Gasteiger partial charge in [-0.2, -0.15) is 0 Å². The molecular weight excluding hydrogens is 196 g/mol. The Morgan fingerprint density at radius 2 is 1.69 bits per heavy atom. The number of rotatable bonds is 0. The van der Waals surface area contributed by atoms with Gasteiger partial charge in [0.05, 0.1) is 5.54 Å². The molecule has 80 valence electrons. The number of alkyl halides is 2. The molecule has 1 N–H and O–H groups in total. The van der Waals surface area contributed by atoms with Gasteiger partial charge in [0.25, 0.3) is 5.92 Å². The lowest BCUT2D eigenvalue weighted by molar-refractivity contribution is -0.0956. The molecule has 0 aliphatic carbocycles. The zero-order valence-electron chi connectivity index (χ0n) is 8.58. The molecule has 1 atom stereocenters. The smallest absolute Gasteiger partial charge is 0.267 e. The largest absolute Gasteiger partial charge is 0.306 e. The molecule has 1 aliphatic rings. The van der Waals surface area contributed by atoms with E-state index in [0.29, 0.717) is 6.54 Å². The van der Waals surface area contributed by atoms with Crippen LogP contribution in [-0.2, 0) is 0 Å². The van der Waals surface area contributed by atoms with Crippen LogP contribution in [0.3, 0.4) is 0 Å². The molecule has 0 aromatic carbocycles. The Hall–Kier alpha value is 0.110. The standard InChI is InChI=1S/C9H17F2N.ClH/c1-7(2,3)8(4)9(10,11)5-6-12-8;/h12H,5-6H2,1-4H3;1H. The van der Waals surface area contributed by atoms with E-state index in [1.54, 1.807) is 6.92 Å². The lowest BCUT2D eigenvalue weighted by Crippen LogP contribution is -2.58. The molecule has 1 aliphatic heterocycles. The minimum atomic E-state index is -2.58. The molecule has 1 saturated heterocycles. The summed E-state index contributed by atoms with van der Waals surface area (Å²) < 4.78 is 26.9. The van der Waals surface area contributed by atoms with Crippen LogP contribution in [0.4, 0.5) is 8.78 Å². The van der Waals surface area contributed by atoms with Crippen molar-refractivity contribution in [2.45, 2.75) is 45.6 Å². The van der Waals surface area contributed by atoms with Gasteiger partial charge in [0.1, 0.15) is 0 Å². The molecule has 1 rings (SSSR count). The van der Waals surface area contributed by atoms with Crippen LogP contribution in [0.5, 0.6) is 0 Å². The lowest BCUT2D eigenvalue weighted by Gasteiger charge is -2.42. The van der Waals surface area contributed by atoms with E-state index < -0.39 is 16.9 Å². The Morgan fingerprint density at radius 1 is 1.23 bits per heavy atom. The minimum Gasteiger partial charge on any atom is -0.306 e. The van der Waals surface area contributed by atoms with Gasteiger partial charge in [-0.3, -0.25) is 0 Å². The van der Waals surface area contributed by atoms with E-state index >= 15 is 0 Å². The van der Waals surface area contributed by atoms with Crippen molar-refractivity contribution in [2.75, 3.05) is 6.54 Å². The second kappa shape index (κ2) is 3.35. The predicted octanol–water partition coefficient (Wildman–Crippen LogP) is 2.84. The van der Waals surface area contributed by atoms with Gasteiger partial charge in [0.2, 0.25) is 0 Å². The molecule has 0 spiro atoms. The van der Waals surface area contributed by atoms with Crippen LogP contribution in [0.1, 0.15) is 34.1 Å². The van der Waals surface area contributed by atoms with E-state index in [1.807, 2.05) is 20.8 Å². The average Bonchev–Trinajstić information content (AvgIpc) is 2.07. The van der Waals surface area contributed by atoms with Crippen LogP contribution in [0, 0.1) is 5.41 Å². The van der Waals surface area contributed by atoms with Gasteiger partial charge in [-0.1, -0.05) is 20.8 Å². The molecule has 1 heterocycles. The van der Waals surface area contributed by atoms with E-state index in [1.165, 1.54) is 0 Å². The number of nitrogens with one attached hydrogen (secondary N) is 1. The number of hydrogen-bond acceptors (Lipinski definition) is 1. The topological polar surface area (TPSA) is 12.0 Å². The Labute approximate surface area is 84.7 Å². The highest BCUT2D eigenvalue weighted by Crippen LogP contribution is 2.46. The second-order valence-electron chi connectivity index (χ2n) is 4.76. The third-order valence-electron chi connectivity index (χ3n) is 3.15. The van der Waals surface area contributed by atoms with Crippen molar-refractivity contribution in [1.29, 1.82) is 0 Å². The van der Waals surface area contributed by atoms with Crippen molar-refractivity contribution in [3.05, 3.63) is 0 Å². The SMILES string of the molecule is CC(C)(C)C1(C)NCCC1(F)F.Cl. The van der Waals surface area contributed by atoms with Crippen LogP contribution in [0.15, 0.2) is 0 Å². The van der Waals surface area contributed by atoms with Gasteiger partial charge < -0.3 is 5.32 Å². The third kappa shape index (κ3) is 1.82. The fraction of sp³-hybridized carbons (Fsp3) is 1.00. The first-order chi connectivity index (χ1) is 5.21. The monoisotopic (exact) mass is 213 g/mol. The summed E-state index contributed by atoms with van der Waals surface area (Å²) in [6.45, 7) is 7.57. The maximum Gasteiger partial charge on any atom is 0.267 e. The maximum atomic E-state index is 13.4. The summed E-state index contributed by atoms with van der Waals surface area (Å²) in [5, 5.41) is 2.91. The second-order valence-corrected chi connectivity index (χ2v) is 4.76. The van der Waals surface area contributed by atoms with Crippen molar-refractivity contribution in [3.63, 3.8) is 0 Å². The summed E-state index contributed by atoms with van der Waals surface area (Å²) in [5.41, 5.74) is -1.47. The molecule has 0 bridgehead atoms. The first kappa shape index (κ1) is 13.1. The third-order valence-corrected chi connectivity index (χ3v) is 3.15. The van der Waals surface area contributed by atoms with Crippen molar-refractivity contribution in [1.82, 2.24) is 5.32 Å². The molecule has 1 nitrogen and oxygen atoms in total. The Bertz CT molecular complexity index is 189. The van der Waals surface area contributed by atoms with Crippen LogP contribution in [0.2, 0.25) is 0 Å². The highest BCUT2D eigenvalue weighted by atomic mass is 35.5. The van der Waals surface area contributed by atoms with Gasteiger partial charge in [-0.15, -0.1) is 12.4 Å². The zero-order chi connectivity index (χ0) is 9.62. The molecule has 0 saturated carbocycles. The molecular formula is C9H18ClF2N. The van der Waals surface area contributed by atoms with Crippen LogP contribution in [0.25, 0.3) is 0 Å². The minimum absolute atomic E-state index is 0. The summed E-state index contributed by atoms with van der Waals surface area (Å²) in [6.07, 6.45) is -0.0409. The lowest BCUT2D eigenvalue weighted by atomic mass is 9.72. The van der Waals surface area contributed by atoms with Gasteiger partial charge in [-0.25, -0.2) is 8.78 Å². The summed E-state index contributed by atoms with van der Waals surface area (Å²) in [6, 6.07) is 0. The first-order valence-electron chi connectivity index (χ1n) is 4.34. The van der Waals surface area contributed by atoms with Gasteiger partial charge in [0.15, 0.2) is 0 Å². The fourth-order valence-corrected chi connectivity index (χ4v) is 1.66. The number of hydrogen-bond donors (Lipinski definition) is 1. The molecule has 0 aromatic rings. The Kier molecular flexibility index (Phi) is 3.38. The highest BCUT2D eigenvalue weighted by Gasteiger charge is 2.59. The molecule has 1 unspecified atom stereocenters. The van der Waals surface area contributed by atoms with Crippen LogP contribution >= 0.6 is 12.4 Å². The number of halogens is 3. The quantitative estimate of drug-likeness (QED) is 0.653.